The number of hydrogen-bond donors (Lipinski definition) is 0. The number of nitrogens with zero attached hydrogens (tertiary/aromatic N) is 3. The van der Waals surface area contributed by atoms with Crippen molar-refractivity contribution in [2.75, 3.05) is 39.3 Å². The number of aromatic nitrogens is 1. The molecule has 1 aliphatic rings. The second-order valence-electron chi connectivity index (χ2n) is 7.59. The molecule has 1 aliphatic heterocycles. The molecule has 0 unspecified atom stereocenters. The van der Waals surface area contributed by atoms with Gasteiger partial charge in [-0.1, -0.05) is 23.7 Å². The SMILES string of the molecule is O=C(CCOc1ccc(Cl)cc1)N1CCN(CCC(=O)n2c(=O)oc3ccccc32)CC1. The third-order valence-electron chi connectivity index (χ3n) is 5.50. The zero-order chi connectivity index (χ0) is 22.5. The van der Waals surface area contributed by atoms with Gasteiger partial charge in [0.1, 0.15) is 5.75 Å². The van der Waals surface area contributed by atoms with Crippen LogP contribution >= 0.6 is 11.6 Å². The fourth-order valence-electron chi connectivity index (χ4n) is 3.73. The van der Waals surface area contributed by atoms with Crippen LogP contribution in [0.25, 0.3) is 11.1 Å². The molecule has 1 aromatic heterocycles. The number of carbonyl (C=O) groups excluding carboxylic acids is 2. The van der Waals surface area contributed by atoms with Crippen LogP contribution < -0.4 is 10.5 Å². The largest absolute Gasteiger partial charge is 0.493 e. The molecule has 9 heteroatoms. The van der Waals surface area contributed by atoms with Gasteiger partial charge in [-0.2, -0.15) is 0 Å². The first kappa shape index (κ1) is 22.1. The van der Waals surface area contributed by atoms with E-state index in [1.54, 1.807) is 48.5 Å². The van der Waals surface area contributed by atoms with E-state index in [9.17, 15) is 14.4 Å². The highest BCUT2D eigenvalue weighted by molar-refractivity contribution is 6.30. The highest BCUT2D eigenvalue weighted by atomic mass is 35.5. The van der Waals surface area contributed by atoms with E-state index in [1.807, 2.05) is 4.90 Å². The van der Waals surface area contributed by atoms with Crippen molar-refractivity contribution in [1.82, 2.24) is 14.4 Å². The summed E-state index contributed by atoms with van der Waals surface area (Å²) in [6, 6.07) is 13.9. The molecule has 8 nitrogen and oxygen atoms in total. The summed E-state index contributed by atoms with van der Waals surface area (Å²) in [6.07, 6.45) is 0.504. The zero-order valence-corrected chi connectivity index (χ0v) is 18.3. The number of hydrogen-bond acceptors (Lipinski definition) is 6. The number of piperazine rings is 1. The lowest BCUT2D eigenvalue weighted by Crippen LogP contribution is -2.49. The number of amides is 1. The maximum Gasteiger partial charge on any atom is 0.426 e. The summed E-state index contributed by atoms with van der Waals surface area (Å²) in [7, 11) is 0. The molecule has 0 aliphatic carbocycles. The van der Waals surface area contributed by atoms with Crippen LogP contribution in [0.4, 0.5) is 0 Å². The minimum atomic E-state index is -0.660. The lowest BCUT2D eigenvalue weighted by atomic mass is 10.2. The maximum atomic E-state index is 12.6. The topological polar surface area (TPSA) is 85.0 Å². The van der Waals surface area contributed by atoms with Gasteiger partial charge in [0, 0.05) is 44.2 Å². The summed E-state index contributed by atoms with van der Waals surface area (Å²) in [5.41, 5.74) is 0.886. The Kier molecular flexibility index (Phi) is 6.92. The molecule has 1 fully saturated rings. The highest BCUT2D eigenvalue weighted by Gasteiger charge is 2.22. The molecule has 0 N–H and O–H groups in total. The molecule has 0 spiro atoms. The number of ether oxygens (including phenoxy) is 1. The van der Waals surface area contributed by atoms with Crippen LogP contribution in [0, 0.1) is 0 Å². The van der Waals surface area contributed by atoms with Gasteiger partial charge in [-0.25, -0.2) is 9.36 Å². The lowest BCUT2D eigenvalue weighted by Gasteiger charge is -2.34. The second kappa shape index (κ2) is 10.0. The lowest BCUT2D eigenvalue weighted by molar-refractivity contribution is -0.133. The van der Waals surface area contributed by atoms with Crippen LogP contribution in [-0.4, -0.2) is 65.5 Å². The molecular weight excluding hydrogens is 434 g/mol. The van der Waals surface area contributed by atoms with Gasteiger partial charge in [-0.05, 0) is 36.4 Å². The normalized spacial score (nSPS) is 14.6. The molecule has 168 valence electrons. The summed E-state index contributed by atoms with van der Waals surface area (Å²) >= 11 is 5.85. The summed E-state index contributed by atoms with van der Waals surface area (Å²) in [5, 5.41) is 0.637. The van der Waals surface area contributed by atoms with Gasteiger partial charge in [0.05, 0.1) is 18.5 Å². The molecule has 0 bridgehead atoms. The van der Waals surface area contributed by atoms with E-state index in [0.717, 1.165) is 4.57 Å². The first-order valence-corrected chi connectivity index (χ1v) is 10.9. The molecule has 2 heterocycles. The fourth-order valence-corrected chi connectivity index (χ4v) is 3.86. The zero-order valence-electron chi connectivity index (χ0n) is 17.5. The third-order valence-corrected chi connectivity index (χ3v) is 5.75. The Morgan fingerprint density at radius 1 is 0.938 bits per heavy atom. The van der Waals surface area contributed by atoms with E-state index < -0.39 is 5.76 Å². The van der Waals surface area contributed by atoms with E-state index in [0.29, 0.717) is 67.6 Å². The molecule has 1 amide bonds. The molecule has 0 radical (unpaired) electrons. The molecule has 3 aromatic rings. The van der Waals surface area contributed by atoms with Crippen molar-refractivity contribution in [3.8, 4) is 5.75 Å². The Morgan fingerprint density at radius 3 is 2.41 bits per heavy atom. The minimum Gasteiger partial charge on any atom is -0.493 e. The van der Waals surface area contributed by atoms with Crippen molar-refractivity contribution in [2.45, 2.75) is 12.8 Å². The quantitative estimate of drug-likeness (QED) is 0.542. The van der Waals surface area contributed by atoms with E-state index >= 15 is 0 Å². The van der Waals surface area contributed by atoms with Crippen LogP contribution in [-0.2, 0) is 4.79 Å². The van der Waals surface area contributed by atoms with Gasteiger partial charge in [0.2, 0.25) is 11.8 Å². The number of halogens is 1. The molecular formula is C23H24ClN3O5. The van der Waals surface area contributed by atoms with E-state index in [1.165, 1.54) is 0 Å². The van der Waals surface area contributed by atoms with Gasteiger partial charge < -0.3 is 14.1 Å². The van der Waals surface area contributed by atoms with Crippen LogP contribution in [0.1, 0.15) is 17.6 Å². The molecule has 4 rings (SSSR count). The number of para-hydroxylation sites is 2. The molecule has 0 atom stereocenters. The van der Waals surface area contributed by atoms with Gasteiger partial charge >= 0.3 is 5.76 Å². The van der Waals surface area contributed by atoms with E-state index in [4.69, 9.17) is 20.8 Å². The van der Waals surface area contributed by atoms with Crippen molar-refractivity contribution in [2.24, 2.45) is 0 Å². The summed E-state index contributed by atoms with van der Waals surface area (Å²) in [6.45, 7) is 3.39. The van der Waals surface area contributed by atoms with Gasteiger partial charge in [-0.3, -0.25) is 14.5 Å². The van der Waals surface area contributed by atoms with Gasteiger partial charge in [0.25, 0.3) is 0 Å². The molecule has 2 aromatic carbocycles. The van der Waals surface area contributed by atoms with Crippen molar-refractivity contribution in [3.63, 3.8) is 0 Å². The molecule has 32 heavy (non-hydrogen) atoms. The smallest absolute Gasteiger partial charge is 0.426 e. The third kappa shape index (κ3) is 5.20. The fraction of sp³-hybridized carbons (Fsp3) is 0.348. The van der Waals surface area contributed by atoms with Gasteiger partial charge in [0.15, 0.2) is 5.58 Å². The molecule has 1 saturated heterocycles. The Labute approximate surface area is 189 Å². The predicted molar refractivity (Wildman–Crippen MR) is 120 cm³/mol. The van der Waals surface area contributed by atoms with E-state index in [2.05, 4.69) is 4.90 Å². The first-order valence-electron chi connectivity index (χ1n) is 10.5. The Bertz CT molecular complexity index is 1150. The van der Waals surface area contributed by atoms with Crippen molar-refractivity contribution >= 4 is 34.5 Å². The molecule has 0 saturated carbocycles. The van der Waals surface area contributed by atoms with Crippen LogP contribution in [0.2, 0.25) is 5.02 Å². The summed E-state index contributed by atoms with van der Waals surface area (Å²) < 4.78 is 11.8. The summed E-state index contributed by atoms with van der Waals surface area (Å²) in [5.74, 6) is -0.224. The number of oxazole rings is 1. The number of rotatable bonds is 7. The Balaban J connectivity index is 1.20. The Hall–Kier alpha value is -3.10. The van der Waals surface area contributed by atoms with Gasteiger partial charge in [-0.15, -0.1) is 0 Å². The first-order chi connectivity index (χ1) is 15.5. The van der Waals surface area contributed by atoms with Crippen LogP contribution in [0.5, 0.6) is 5.75 Å². The van der Waals surface area contributed by atoms with E-state index in [-0.39, 0.29) is 18.2 Å². The van der Waals surface area contributed by atoms with Crippen molar-refractivity contribution < 1.29 is 18.7 Å². The summed E-state index contributed by atoms with van der Waals surface area (Å²) in [4.78, 5) is 41.0. The Morgan fingerprint density at radius 2 is 1.66 bits per heavy atom. The number of benzene rings is 2. The van der Waals surface area contributed by atoms with Crippen molar-refractivity contribution in [3.05, 3.63) is 64.1 Å². The number of fused-ring (bicyclic) bond motifs is 1. The number of carbonyl (C=O) groups is 2. The average molecular weight is 458 g/mol. The standard InChI is InChI=1S/C23H24ClN3O5/c24-17-5-7-18(8-6-17)31-16-10-21(28)26-14-12-25(13-15-26)11-9-22(29)27-19-3-1-2-4-20(19)32-23(27)30/h1-8H,9-16H2. The van der Waals surface area contributed by atoms with Crippen LogP contribution in [0.15, 0.2) is 57.7 Å². The highest BCUT2D eigenvalue weighted by Crippen LogP contribution is 2.16. The maximum absolute atomic E-state index is 12.6. The second-order valence-corrected chi connectivity index (χ2v) is 8.03. The van der Waals surface area contributed by atoms with Crippen LogP contribution in [0.3, 0.4) is 0 Å². The monoisotopic (exact) mass is 457 g/mol. The van der Waals surface area contributed by atoms with Crippen molar-refractivity contribution in [1.29, 1.82) is 0 Å². The minimum absolute atomic E-state index is 0.0473. The predicted octanol–water partition coefficient (Wildman–Crippen LogP) is 2.89. The average Bonchev–Trinajstić information content (AvgIpc) is 3.15.